The van der Waals surface area contributed by atoms with Crippen molar-refractivity contribution >= 4 is 5.97 Å². The van der Waals surface area contributed by atoms with Gasteiger partial charge in [-0.2, -0.15) is 0 Å². The average molecular weight is 527 g/mol. The van der Waals surface area contributed by atoms with E-state index >= 15 is 0 Å². The van der Waals surface area contributed by atoms with Crippen LogP contribution in [-0.2, 0) is 24.6 Å². The van der Waals surface area contributed by atoms with Gasteiger partial charge in [-0.25, -0.2) is 0 Å². The Morgan fingerprint density at radius 2 is 1.38 bits per heavy atom. The Hall–Kier alpha value is -3.21. The molecule has 3 aromatic rings. The smallest absolute Gasteiger partial charge is 0.308 e. The second-order valence-electron chi connectivity index (χ2n) is 10.4. The lowest BCUT2D eigenvalue weighted by molar-refractivity contribution is -0.145. The van der Waals surface area contributed by atoms with Gasteiger partial charge in [-0.05, 0) is 47.4 Å². The van der Waals surface area contributed by atoms with Crippen molar-refractivity contribution < 1.29 is 19.0 Å². The Labute approximate surface area is 234 Å². The molecule has 0 bridgehead atoms. The topological polar surface area (TPSA) is 44.8 Å². The fourth-order valence-corrected chi connectivity index (χ4v) is 5.82. The molecule has 0 unspecified atom stereocenters. The Balaban J connectivity index is 1.66. The minimum Gasteiger partial charge on any atom is -0.469 e. The van der Waals surface area contributed by atoms with Gasteiger partial charge in [-0.3, -0.25) is 4.79 Å². The SMILES string of the molecule is CCC1=C[C@](CC)(C[C@@H](CC)COC(c2ccccc2)(c2ccccc2)c2ccccc2)O[C@@H]1CC(=O)OC. The summed E-state index contributed by atoms with van der Waals surface area (Å²) in [6, 6.07) is 31.5. The lowest BCUT2D eigenvalue weighted by Gasteiger charge is -2.38. The number of methoxy groups -OCH3 is 1. The third kappa shape index (κ3) is 6.34. The fourth-order valence-electron chi connectivity index (χ4n) is 5.82. The van der Waals surface area contributed by atoms with Gasteiger partial charge in [0.1, 0.15) is 5.60 Å². The predicted octanol–water partition coefficient (Wildman–Crippen LogP) is 7.86. The number of carbonyl (C=O) groups is 1. The van der Waals surface area contributed by atoms with Crippen LogP contribution in [0.3, 0.4) is 0 Å². The number of rotatable bonds is 13. The standard InChI is InChI=1S/C35H42O4/c1-5-27(24-34(7-3)25-28(6-2)32(39-34)23-33(36)37-4)26-38-35(29-17-11-8-12-18-29,30-19-13-9-14-20-30)31-21-15-10-16-22-31/h8-22,25,27,32H,5-7,23-24,26H2,1-4H3/t27-,32-,34+/m1/s1. The lowest BCUT2D eigenvalue weighted by Crippen LogP contribution is -2.37. The van der Waals surface area contributed by atoms with Crippen molar-refractivity contribution in [3.63, 3.8) is 0 Å². The average Bonchev–Trinajstić information content (AvgIpc) is 3.35. The van der Waals surface area contributed by atoms with Gasteiger partial charge in [-0.1, -0.05) is 124 Å². The van der Waals surface area contributed by atoms with Crippen molar-refractivity contribution in [2.24, 2.45) is 5.92 Å². The number of benzene rings is 3. The summed E-state index contributed by atoms with van der Waals surface area (Å²) in [4.78, 5) is 12.1. The first-order valence-electron chi connectivity index (χ1n) is 14.3. The summed E-state index contributed by atoms with van der Waals surface area (Å²) in [5.41, 5.74) is 3.33. The zero-order valence-corrected chi connectivity index (χ0v) is 23.8. The minimum absolute atomic E-state index is 0.224. The molecular formula is C35H42O4. The van der Waals surface area contributed by atoms with E-state index in [1.54, 1.807) is 0 Å². The molecule has 4 heteroatoms. The predicted molar refractivity (Wildman–Crippen MR) is 156 cm³/mol. The van der Waals surface area contributed by atoms with Gasteiger partial charge in [0.05, 0.1) is 31.8 Å². The Morgan fingerprint density at radius 3 is 1.79 bits per heavy atom. The van der Waals surface area contributed by atoms with Gasteiger partial charge in [0, 0.05) is 0 Å². The molecule has 0 aliphatic carbocycles. The van der Waals surface area contributed by atoms with Gasteiger partial charge in [0.15, 0.2) is 0 Å². The van der Waals surface area contributed by atoms with Crippen molar-refractivity contribution in [3.8, 4) is 0 Å². The molecule has 4 nitrogen and oxygen atoms in total. The molecular weight excluding hydrogens is 484 g/mol. The summed E-state index contributed by atoms with van der Waals surface area (Å²) < 4.78 is 18.7. The summed E-state index contributed by atoms with van der Waals surface area (Å²) >= 11 is 0. The third-order valence-electron chi connectivity index (χ3n) is 8.11. The van der Waals surface area contributed by atoms with Crippen LogP contribution in [0.4, 0.5) is 0 Å². The highest BCUT2D eigenvalue weighted by atomic mass is 16.5. The summed E-state index contributed by atoms with van der Waals surface area (Å²) in [5.74, 6) is 0.0201. The zero-order chi connectivity index (χ0) is 27.7. The summed E-state index contributed by atoms with van der Waals surface area (Å²) in [6.45, 7) is 7.08. The van der Waals surface area contributed by atoms with E-state index in [4.69, 9.17) is 14.2 Å². The summed E-state index contributed by atoms with van der Waals surface area (Å²) in [7, 11) is 1.43. The molecule has 39 heavy (non-hydrogen) atoms. The van der Waals surface area contributed by atoms with Crippen LogP contribution in [0.5, 0.6) is 0 Å². The number of hydrogen-bond donors (Lipinski definition) is 0. The Bertz CT molecular complexity index is 1110. The zero-order valence-electron chi connectivity index (χ0n) is 23.8. The van der Waals surface area contributed by atoms with Crippen molar-refractivity contribution in [2.75, 3.05) is 13.7 Å². The molecule has 0 radical (unpaired) electrons. The highest BCUT2D eigenvalue weighted by Gasteiger charge is 2.42. The fraction of sp³-hybridized carbons (Fsp3) is 0.400. The molecule has 0 aromatic heterocycles. The minimum atomic E-state index is -0.745. The highest BCUT2D eigenvalue weighted by molar-refractivity contribution is 5.70. The molecule has 206 valence electrons. The van der Waals surface area contributed by atoms with Crippen LogP contribution in [-0.4, -0.2) is 31.4 Å². The molecule has 0 saturated heterocycles. The van der Waals surface area contributed by atoms with Gasteiger partial charge >= 0.3 is 5.97 Å². The van der Waals surface area contributed by atoms with Crippen LogP contribution in [0, 0.1) is 5.92 Å². The maximum Gasteiger partial charge on any atom is 0.308 e. The summed E-state index contributed by atoms with van der Waals surface area (Å²) in [6.07, 6.45) is 5.79. The molecule has 1 aliphatic heterocycles. The van der Waals surface area contributed by atoms with Crippen LogP contribution >= 0.6 is 0 Å². The first-order chi connectivity index (χ1) is 19.0. The molecule has 0 fully saturated rings. The maximum absolute atomic E-state index is 12.1. The van der Waals surface area contributed by atoms with E-state index in [0.717, 1.165) is 42.4 Å². The van der Waals surface area contributed by atoms with E-state index in [-0.39, 0.29) is 24.4 Å². The Kier molecular flexibility index (Phi) is 9.77. The van der Waals surface area contributed by atoms with Crippen LogP contribution < -0.4 is 0 Å². The molecule has 0 N–H and O–H groups in total. The first kappa shape index (κ1) is 28.8. The van der Waals surface area contributed by atoms with E-state index in [0.29, 0.717) is 6.61 Å². The number of ether oxygens (including phenoxy) is 3. The van der Waals surface area contributed by atoms with Crippen LogP contribution in [0.2, 0.25) is 0 Å². The van der Waals surface area contributed by atoms with Crippen molar-refractivity contribution in [3.05, 3.63) is 119 Å². The van der Waals surface area contributed by atoms with Gasteiger partial charge in [0.25, 0.3) is 0 Å². The van der Waals surface area contributed by atoms with Crippen molar-refractivity contribution in [1.82, 2.24) is 0 Å². The summed E-state index contributed by atoms with van der Waals surface area (Å²) in [5, 5.41) is 0. The number of hydrogen-bond acceptors (Lipinski definition) is 4. The van der Waals surface area contributed by atoms with E-state index in [9.17, 15) is 4.79 Å². The van der Waals surface area contributed by atoms with Gasteiger partial charge in [0.2, 0.25) is 0 Å². The molecule has 1 aliphatic rings. The maximum atomic E-state index is 12.1. The second-order valence-corrected chi connectivity index (χ2v) is 10.4. The quantitative estimate of drug-likeness (QED) is 0.129. The third-order valence-corrected chi connectivity index (χ3v) is 8.11. The molecule has 0 saturated carbocycles. The Morgan fingerprint density at radius 1 is 0.872 bits per heavy atom. The number of esters is 1. The molecule has 3 aromatic carbocycles. The largest absolute Gasteiger partial charge is 0.469 e. The van der Waals surface area contributed by atoms with Crippen LogP contribution in [0.25, 0.3) is 0 Å². The van der Waals surface area contributed by atoms with E-state index in [2.05, 4.69) is 99.6 Å². The van der Waals surface area contributed by atoms with Gasteiger partial charge < -0.3 is 14.2 Å². The first-order valence-corrected chi connectivity index (χ1v) is 14.3. The van der Waals surface area contributed by atoms with E-state index < -0.39 is 11.2 Å². The van der Waals surface area contributed by atoms with Crippen LogP contribution in [0.15, 0.2) is 103 Å². The van der Waals surface area contributed by atoms with E-state index in [1.165, 1.54) is 12.7 Å². The highest BCUT2D eigenvalue weighted by Crippen LogP contribution is 2.43. The monoisotopic (exact) mass is 526 g/mol. The van der Waals surface area contributed by atoms with Crippen molar-refractivity contribution in [2.45, 2.75) is 70.2 Å². The van der Waals surface area contributed by atoms with E-state index in [1.807, 2.05) is 18.2 Å². The van der Waals surface area contributed by atoms with Crippen LogP contribution in [0.1, 0.15) is 69.6 Å². The lowest BCUT2D eigenvalue weighted by atomic mass is 9.79. The second kappa shape index (κ2) is 13.2. The molecule has 3 atom stereocenters. The molecule has 0 amide bonds. The molecule has 4 rings (SSSR count). The normalized spacial score (nSPS) is 19.9. The molecule has 1 heterocycles. The van der Waals surface area contributed by atoms with Crippen molar-refractivity contribution in [1.29, 1.82) is 0 Å². The number of carbonyl (C=O) groups excluding carboxylic acids is 1. The molecule has 0 spiro atoms. The van der Waals surface area contributed by atoms with Gasteiger partial charge in [-0.15, -0.1) is 0 Å².